The van der Waals surface area contributed by atoms with E-state index in [-0.39, 0.29) is 42.7 Å². The molecule has 3 aromatic heterocycles. The number of urea groups is 1. The number of carboxylic acid groups (broad SMARTS) is 1. The van der Waals surface area contributed by atoms with Crippen LogP contribution in [0.25, 0.3) is 11.3 Å². The molecule has 5 aromatic rings. The average Bonchev–Trinajstić information content (AvgIpc) is 3.74. The van der Waals surface area contributed by atoms with Crippen molar-refractivity contribution in [1.82, 2.24) is 34.6 Å². The highest BCUT2D eigenvalue weighted by molar-refractivity contribution is 5.89. The van der Waals surface area contributed by atoms with Crippen LogP contribution in [-0.4, -0.2) is 65.6 Å². The predicted molar refractivity (Wildman–Crippen MR) is 193 cm³/mol. The van der Waals surface area contributed by atoms with Crippen LogP contribution in [0.15, 0.2) is 72.9 Å². The Balaban J connectivity index is 0.00000144. The number of aliphatic hydroxyl groups excluding tert-OH is 1. The summed E-state index contributed by atoms with van der Waals surface area (Å²) in [7, 11) is 2.16. The fourth-order valence-corrected chi connectivity index (χ4v) is 6.86. The number of ether oxygens (including phenoxy) is 1. The fraction of sp³-hybridized carbons (Fsp3) is 0.395. The van der Waals surface area contributed by atoms with Gasteiger partial charge in [0.1, 0.15) is 17.7 Å². The van der Waals surface area contributed by atoms with Crippen LogP contribution < -0.4 is 15.4 Å². The number of carbonyl (C=O) groups is 2. The van der Waals surface area contributed by atoms with Gasteiger partial charge in [-0.15, -0.1) is 10.2 Å². The number of nitrogens with one attached hydrogen (secondary N) is 2. The van der Waals surface area contributed by atoms with E-state index in [1.165, 1.54) is 12.8 Å². The van der Waals surface area contributed by atoms with Crippen molar-refractivity contribution < 1.29 is 24.5 Å². The topological polar surface area (TPSA) is 159 Å². The summed E-state index contributed by atoms with van der Waals surface area (Å²) in [5.74, 6) is 2.29. The van der Waals surface area contributed by atoms with Crippen LogP contribution >= 0.6 is 0 Å². The van der Waals surface area contributed by atoms with Crippen LogP contribution in [0.1, 0.15) is 99.3 Å². The van der Waals surface area contributed by atoms with E-state index >= 15 is 0 Å². The van der Waals surface area contributed by atoms with Crippen molar-refractivity contribution in [3.8, 4) is 11.4 Å². The maximum Gasteiger partial charge on any atom is 0.320 e. The Morgan fingerprint density at radius 3 is 2.45 bits per heavy atom. The first-order chi connectivity index (χ1) is 24.6. The number of likely N-dealkylation sites (tertiary alicyclic amines) is 1. The minimum absolute atomic E-state index is 0.0363. The zero-order chi connectivity index (χ0) is 36.1. The lowest BCUT2D eigenvalue weighted by atomic mass is 9.85. The largest absolute Gasteiger partial charge is 0.484 e. The molecule has 1 fully saturated rings. The molecule has 4 N–H and O–H groups in total. The first-order valence-corrected chi connectivity index (χ1v) is 17.4. The lowest BCUT2D eigenvalue weighted by Crippen LogP contribution is -2.36. The van der Waals surface area contributed by atoms with E-state index in [0.29, 0.717) is 5.82 Å². The van der Waals surface area contributed by atoms with E-state index in [1.807, 2.05) is 60.8 Å². The number of fused-ring (bicyclic) bond motifs is 2. The van der Waals surface area contributed by atoms with Gasteiger partial charge in [-0.3, -0.25) is 19.4 Å². The highest BCUT2D eigenvalue weighted by Gasteiger charge is 2.31. The Bertz CT molecular complexity index is 1970. The van der Waals surface area contributed by atoms with Crippen molar-refractivity contribution in [1.29, 1.82) is 0 Å². The van der Waals surface area contributed by atoms with Crippen molar-refractivity contribution in [2.75, 3.05) is 18.9 Å². The number of benzene rings is 2. The summed E-state index contributed by atoms with van der Waals surface area (Å²) < 4.78 is 10.5. The molecule has 51 heavy (non-hydrogen) atoms. The lowest BCUT2D eigenvalue weighted by Gasteiger charge is -2.32. The van der Waals surface area contributed by atoms with Crippen LogP contribution in [0.5, 0.6) is 5.75 Å². The molecule has 1 saturated heterocycles. The minimum atomic E-state index is -0.305. The number of amides is 2. The van der Waals surface area contributed by atoms with E-state index < -0.39 is 0 Å². The Morgan fingerprint density at radius 2 is 1.75 bits per heavy atom. The molecule has 1 aliphatic heterocycles. The molecule has 0 spiro atoms. The van der Waals surface area contributed by atoms with Gasteiger partial charge in [0.05, 0.1) is 36.3 Å². The minimum Gasteiger partial charge on any atom is -0.484 e. The van der Waals surface area contributed by atoms with Gasteiger partial charge in [0, 0.05) is 11.5 Å². The second kappa shape index (κ2) is 15.3. The number of hydrogen-bond acceptors (Lipinski definition) is 8. The van der Waals surface area contributed by atoms with Crippen LogP contribution in [-0.2, 0) is 16.8 Å². The van der Waals surface area contributed by atoms with Gasteiger partial charge < -0.3 is 20.3 Å². The zero-order valence-electron chi connectivity index (χ0n) is 29.5. The first kappa shape index (κ1) is 35.6. The number of nitrogens with zero attached hydrogens (tertiary/aromatic N) is 6. The molecular formula is C38H46N8O5. The fourth-order valence-electron chi connectivity index (χ4n) is 6.86. The summed E-state index contributed by atoms with van der Waals surface area (Å²) >= 11 is 0. The van der Waals surface area contributed by atoms with Gasteiger partial charge in [0.25, 0.3) is 6.47 Å². The van der Waals surface area contributed by atoms with E-state index in [9.17, 15) is 9.90 Å². The summed E-state index contributed by atoms with van der Waals surface area (Å²) in [6, 6.07) is 21.3. The Morgan fingerprint density at radius 1 is 1.00 bits per heavy atom. The summed E-state index contributed by atoms with van der Waals surface area (Å²) in [6.45, 7) is 7.05. The molecule has 13 nitrogen and oxygen atoms in total. The predicted octanol–water partition coefficient (Wildman–Crippen LogP) is 6.34. The van der Waals surface area contributed by atoms with Gasteiger partial charge in [-0.2, -0.15) is 5.10 Å². The standard InChI is InChI=1S/C37H44N8O3.CH2O2/c1-37(2,3)32-21-34(45(42-32)25-14-12-24(23-46)13-15-25)39-36(47)38-29-17-18-31(28-10-6-5-9-27(28)29)48-26-16-19-33-40-41-35(44(33)22-26)30-11-7-8-20-43(30)4;2-1-3/h5-6,9-10,12-16,19,21-22,29-31,46H,7-8,11,17-18,20,23H2,1-4H3,(H2,38,39,47);1H,(H,2,3)/t29-,30-,31+;/m0./s1. The summed E-state index contributed by atoms with van der Waals surface area (Å²) in [5, 5.41) is 36.5. The van der Waals surface area contributed by atoms with Gasteiger partial charge in [-0.25, -0.2) is 9.48 Å². The van der Waals surface area contributed by atoms with Crippen molar-refractivity contribution in [2.45, 2.75) is 83.1 Å². The SMILES string of the molecule is CN1CCCC[C@H]1c1nnc2ccc(O[C@@H]3CC[C@H](NC(=O)Nc4cc(C(C)(C)C)nn4-c4ccc(CO)cc4)c4ccccc43)cn12.O=CO. The van der Waals surface area contributed by atoms with E-state index in [4.69, 9.17) is 19.7 Å². The molecule has 0 saturated carbocycles. The van der Waals surface area contributed by atoms with E-state index in [2.05, 4.69) is 70.1 Å². The van der Waals surface area contributed by atoms with Crippen molar-refractivity contribution in [3.63, 3.8) is 0 Å². The molecular weight excluding hydrogens is 648 g/mol. The van der Waals surface area contributed by atoms with Crippen LogP contribution in [0.3, 0.4) is 0 Å². The monoisotopic (exact) mass is 694 g/mol. The molecule has 4 heterocycles. The smallest absolute Gasteiger partial charge is 0.320 e. The second-order valence-electron chi connectivity index (χ2n) is 14.1. The number of aliphatic hydroxyl groups is 1. The quantitative estimate of drug-likeness (QED) is 0.143. The molecule has 0 bridgehead atoms. The number of hydrogen-bond donors (Lipinski definition) is 4. The third kappa shape index (κ3) is 7.89. The van der Waals surface area contributed by atoms with Gasteiger partial charge in [0.15, 0.2) is 11.5 Å². The number of piperidine rings is 1. The molecule has 0 unspecified atom stereocenters. The third-order valence-electron chi connectivity index (χ3n) is 9.57. The molecule has 2 aliphatic rings. The van der Waals surface area contributed by atoms with E-state index in [1.54, 1.807) is 4.68 Å². The Kier molecular flexibility index (Phi) is 10.7. The van der Waals surface area contributed by atoms with Crippen molar-refractivity contribution in [2.24, 2.45) is 0 Å². The van der Waals surface area contributed by atoms with Gasteiger partial charge >= 0.3 is 6.03 Å². The molecule has 1 aliphatic carbocycles. The van der Waals surface area contributed by atoms with Crippen LogP contribution in [0, 0.1) is 0 Å². The Labute approximate surface area is 297 Å². The van der Waals surface area contributed by atoms with Gasteiger partial charge in [-0.05, 0) is 80.2 Å². The van der Waals surface area contributed by atoms with Crippen LogP contribution in [0.2, 0.25) is 0 Å². The number of aromatic nitrogens is 5. The van der Waals surface area contributed by atoms with Crippen LogP contribution in [0.4, 0.5) is 10.6 Å². The molecule has 13 heteroatoms. The molecule has 3 atom stereocenters. The molecule has 268 valence electrons. The Hall–Kier alpha value is -5.27. The number of carbonyl (C=O) groups excluding carboxylic acids is 1. The van der Waals surface area contributed by atoms with E-state index in [0.717, 1.165) is 71.1 Å². The highest BCUT2D eigenvalue weighted by Crippen LogP contribution is 2.39. The summed E-state index contributed by atoms with van der Waals surface area (Å²) in [6.07, 6.45) is 6.78. The maximum atomic E-state index is 13.5. The summed E-state index contributed by atoms with van der Waals surface area (Å²) in [4.78, 5) is 24.3. The third-order valence-corrected chi connectivity index (χ3v) is 9.57. The molecule has 2 amide bonds. The average molecular weight is 695 g/mol. The normalized spacial score (nSPS) is 19.0. The first-order valence-electron chi connectivity index (χ1n) is 17.4. The second-order valence-corrected chi connectivity index (χ2v) is 14.1. The van der Waals surface area contributed by atoms with Gasteiger partial charge in [0.2, 0.25) is 0 Å². The van der Waals surface area contributed by atoms with Crippen molar-refractivity contribution >= 4 is 24.0 Å². The van der Waals surface area contributed by atoms with Gasteiger partial charge in [-0.1, -0.05) is 63.6 Å². The highest BCUT2D eigenvalue weighted by atomic mass is 16.5. The van der Waals surface area contributed by atoms with Crippen molar-refractivity contribution in [3.05, 3.63) is 101 Å². The molecule has 0 radical (unpaired) electrons. The number of anilines is 1. The molecule has 2 aromatic carbocycles. The molecule has 7 rings (SSSR count). The number of pyridine rings is 1. The lowest BCUT2D eigenvalue weighted by molar-refractivity contribution is -0.122. The zero-order valence-corrected chi connectivity index (χ0v) is 29.5. The number of rotatable bonds is 7. The maximum absolute atomic E-state index is 13.5. The summed E-state index contributed by atoms with van der Waals surface area (Å²) in [5.41, 5.74) is 5.17.